The van der Waals surface area contributed by atoms with Crippen molar-refractivity contribution < 1.29 is 17.6 Å². The fraction of sp³-hybridized carbons (Fsp3) is 0.417. The number of alkyl halides is 3. The molecule has 0 aliphatic carbocycles. The molecule has 0 saturated carbocycles. The van der Waals surface area contributed by atoms with Crippen molar-refractivity contribution >= 4 is 0 Å². The molecule has 0 saturated heterocycles. The molecule has 0 spiro atoms. The number of rotatable bonds is 5. The van der Waals surface area contributed by atoms with E-state index in [1.807, 2.05) is 13.0 Å². The number of hydrogen-bond donors (Lipinski definition) is 1. The summed E-state index contributed by atoms with van der Waals surface area (Å²) in [5.41, 5.74) is -0.869. The third-order valence-corrected chi connectivity index (χ3v) is 2.69. The largest absolute Gasteiger partial charge is 0.468 e. The van der Waals surface area contributed by atoms with Crippen LogP contribution in [-0.2, 0) is 12.7 Å². The summed E-state index contributed by atoms with van der Waals surface area (Å²) in [6.45, 7) is 2.78. The fourth-order valence-electron chi connectivity index (χ4n) is 1.67. The van der Waals surface area contributed by atoms with E-state index in [1.165, 1.54) is 10.9 Å². The van der Waals surface area contributed by atoms with Crippen molar-refractivity contribution in [3.8, 4) is 0 Å². The van der Waals surface area contributed by atoms with Crippen LogP contribution < -0.4 is 5.32 Å². The molecule has 7 heteroatoms. The number of hydrogen-bond acceptors (Lipinski definition) is 3. The van der Waals surface area contributed by atoms with Gasteiger partial charge in [0.2, 0.25) is 0 Å². The van der Waals surface area contributed by atoms with E-state index in [9.17, 15) is 13.2 Å². The first-order valence-electron chi connectivity index (χ1n) is 5.84. The first kappa shape index (κ1) is 13.7. The molecule has 0 fully saturated rings. The van der Waals surface area contributed by atoms with Crippen LogP contribution in [0.1, 0.15) is 24.4 Å². The van der Waals surface area contributed by atoms with Crippen molar-refractivity contribution in [3.63, 3.8) is 0 Å². The standard InChI is InChI=1S/C12H14F3N3O/c1-9(10-3-2-8-19-10)16-5-7-18-6-4-11(17-18)12(13,14)15/h2-4,6,8-9,16H,5,7H2,1H3. The summed E-state index contributed by atoms with van der Waals surface area (Å²) < 4.78 is 43.5. The maximum absolute atomic E-state index is 12.3. The molecule has 19 heavy (non-hydrogen) atoms. The Bertz CT molecular complexity index is 505. The fourth-order valence-corrected chi connectivity index (χ4v) is 1.67. The van der Waals surface area contributed by atoms with E-state index in [0.717, 1.165) is 11.8 Å². The van der Waals surface area contributed by atoms with Gasteiger partial charge in [-0.05, 0) is 25.1 Å². The highest BCUT2D eigenvalue weighted by atomic mass is 19.4. The maximum Gasteiger partial charge on any atom is 0.435 e. The van der Waals surface area contributed by atoms with Crippen molar-refractivity contribution in [2.75, 3.05) is 6.54 Å². The second-order valence-corrected chi connectivity index (χ2v) is 4.15. The Morgan fingerprint density at radius 3 is 2.79 bits per heavy atom. The molecule has 1 N–H and O–H groups in total. The van der Waals surface area contributed by atoms with Crippen molar-refractivity contribution in [1.82, 2.24) is 15.1 Å². The van der Waals surface area contributed by atoms with E-state index in [0.29, 0.717) is 13.1 Å². The number of halogens is 3. The summed E-state index contributed by atoms with van der Waals surface area (Å²) in [5, 5.41) is 6.61. The lowest BCUT2D eigenvalue weighted by molar-refractivity contribution is -0.141. The Morgan fingerprint density at radius 2 is 2.21 bits per heavy atom. The van der Waals surface area contributed by atoms with Crippen LogP contribution in [-0.4, -0.2) is 16.3 Å². The predicted octanol–water partition coefficient (Wildman–Crippen LogP) is 2.85. The zero-order chi connectivity index (χ0) is 13.9. The predicted molar refractivity (Wildman–Crippen MR) is 62.4 cm³/mol. The summed E-state index contributed by atoms with van der Waals surface area (Å²) in [7, 11) is 0. The van der Waals surface area contributed by atoms with Gasteiger partial charge >= 0.3 is 6.18 Å². The van der Waals surface area contributed by atoms with Crippen LogP contribution in [0.3, 0.4) is 0 Å². The van der Waals surface area contributed by atoms with Gasteiger partial charge in [-0.15, -0.1) is 0 Å². The number of aromatic nitrogens is 2. The molecule has 104 valence electrons. The summed E-state index contributed by atoms with van der Waals surface area (Å²) in [4.78, 5) is 0. The van der Waals surface area contributed by atoms with Gasteiger partial charge < -0.3 is 9.73 Å². The van der Waals surface area contributed by atoms with E-state index in [2.05, 4.69) is 10.4 Å². The second-order valence-electron chi connectivity index (χ2n) is 4.15. The molecule has 0 aliphatic rings. The third-order valence-electron chi connectivity index (χ3n) is 2.69. The second kappa shape index (κ2) is 5.48. The van der Waals surface area contributed by atoms with Crippen molar-refractivity contribution in [2.45, 2.75) is 25.7 Å². The molecule has 0 radical (unpaired) electrons. The Hall–Kier alpha value is -1.76. The highest BCUT2D eigenvalue weighted by Crippen LogP contribution is 2.27. The van der Waals surface area contributed by atoms with Crippen LogP contribution in [0.5, 0.6) is 0 Å². The number of nitrogens with zero attached hydrogens (tertiary/aromatic N) is 2. The lowest BCUT2D eigenvalue weighted by Gasteiger charge is -2.11. The van der Waals surface area contributed by atoms with Gasteiger partial charge in [0.1, 0.15) is 5.76 Å². The van der Waals surface area contributed by atoms with Crippen LogP contribution in [0.2, 0.25) is 0 Å². The van der Waals surface area contributed by atoms with Gasteiger partial charge in [-0.25, -0.2) is 0 Å². The number of nitrogens with one attached hydrogen (secondary N) is 1. The topological polar surface area (TPSA) is 43.0 Å². The van der Waals surface area contributed by atoms with Crippen LogP contribution >= 0.6 is 0 Å². The Balaban J connectivity index is 1.81. The van der Waals surface area contributed by atoms with Gasteiger partial charge in [-0.1, -0.05) is 0 Å². The Morgan fingerprint density at radius 1 is 1.42 bits per heavy atom. The molecule has 2 aromatic heterocycles. The van der Waals surface area contributed by atoms with Crippen LogP contribution in [0.25, 0.3) is 0 Å². The molecule has 0 aliphatic heterocycles. The first-order valence-corrected chi connectivity index (χ1v) is 5.84. The minimum atomic E-state index is -4.39. The average molecular weight is 273 g/mol. The van der Waals surface area contributed by atoms with Gasteiger partial charge in [0, 0.05) is 12.7 Å². The smallest absolute Gasteiger partial charge is 0.435 e. The SMILES string of the molecule is CC(NCCn1ccc(C(F)(F)F)n1)c1ccco1. The summed E-state index contributed by atoms with van der Waals surface area (Å²) >= 11 is 0. The minimum Gasteiger partial charge on any atom is -0.468 e. The maximum atomic E-state index is 12.3. The van der Waals surface area contributed by atoms with E-state index in [4.69, 9.17) is 4.42 Å². The molecular weight excluding hydrogens is 259 g/mol. The van der Waals surface area contributed by atoms with Gasteiger partial charge in [-0.3, -0.25) is 4.68 Å². The van der Waals surface area contributed by atoms with Crippen LogP contribution in [0.4, 0.5) is 13.2 Å². The van der Waals surface area contributed by atoms with Crippen LogP contribution in [0, 0.1) is 0 Å². The van der Waals surface area contributed by atoms with E-state index >= 15 is 0 Å². The molecule has 0 amide bonds. The number of furan rings is 1. The molecule has 1 atom stereocenters. The molecule has 2 aromatic rings. The van der Waals surface area contributed by atoms with Crippen LogP contribution in [0.15, 0.2) is 35.1 Å². The van der Waals surface area contributed by atoms with Crippen molar-refractivity contribution in [1.29, 1.82) is 0 Å². The lowest BCUT2D eigenvalue weighted by Crippen LogP contribution is -2.23. The lowest BCUT2D eigenvalue weighted by atomic mass is 10.2. The quantitative estimate of drug-likeness (QED) is 0.911. The van der Waals surface area contributed by atoms with Gasteiger partial charge in [-0.2, -0.15) is 18.3 Å². The Labute approximate surface area is 108 Å². The van der Waals surface area contributed by atoms with E-state index in [1.54, 1.807) is 12.3 Å². The highest BCUT2D eigenvalue weighted by Gasteiger charge is 2.33. The molecule has 0 bridgehead atoms. The normalized spacial score (nSPS) is 13.7. The van der Waals surface area contributed by atoms with Crippen molar-refractivity contribution in [2.24, 2.45) is 0 Å². The monoisotopic (exact) mass is 273 g/mol. The third kappa shape index (κ3) is 3.60. The molecule has 2 rings (SSSR count). The Kier molecular flexibility index (Phi) is 3.94. The molecular formula is C12H14F3N3O. The summed E-state index contributed by atoms with van der Waals surface area (Å²) in [5.74, 6) is 0.788. The molecule has 1 unspecified atom stereocenters. The van der Waals surface area contributed by atoms with Gasteiger partial charge in [0.25, 0.3) is 0 Å². The van der Waals surface area contributed by atoms with E-state index in [-0.39, 0.29) is 6.04 Å². The first-order chi connectivity index (χ1) is 8.97. The molecule has 2 heterocycles. The summed E-state index contributed by atoms with van der Waals surface area (Å²) in [6.07, 6.45) is -1.49. The average Bonchev–Trinajstić information content (AvgIpc) is 2.99. The van der Waals surface area contributed by atoms with Gasteiger partial charge in [0.05, 0.1) is 18.8 Å². The minimum absolute atomic E-state index is 0.00708. The zero-order valence-corrected chi connectivity index (χ0v) is 10.3. The van der Waals surface area contributed by atoms with Gasteiger partial charge in [0.15, 0.2) is 5.69 Å². The van der Waals surface area contributed by atoms with Crippen molar-refractivity contribution in [3.05, 3.63) is 42.1 Å². The molecule has 0 aromatic carbocycles. The molecule has 4 nitrogen and oxygen atoms in total. The summed E-state index contributed by atoms with van der Waals surface area (Å²) in [6, 6.07) is 4.60. The van der Waals surface area contributed by atoms with E-state index < -0.39 is 11.9 Å². The highest BCUT2D eigenvalue weighted by molar-refractivity contribution is 5.04. The zero-order valence-electron chi connectivity index (χ0n) is 10.3.